The van der Waals surface area contributed by atoms with Gasteiger partial charge in [-0.25, -0.2) is 0 Å². The van der Waals surface area contributed by atoms with Crippen molar-refractivity contribution in [1.29, 1.82) is 0 Å². The maximum Gasteiger partial charge on any atom is 0.237 e. The number of nitrogens with zero attached hydrogens (tertiary/aromatic N) is 4. The van der Waals surface area contributed by atoms with Gasteiger partial charge < -0.3 is 4.90 Å². The Morgan fingerprint density at radius 2 is 2.08 bits per heavy atom. The summed E-state index contributed by atoms with van der Waals surface area (Å²) in [6.45, 7) is 2.92. The standard InChI is InChI=1S/C19H26N4O/c1-21(14-17-8-3-2-4-9-17)16-19(24)23-13-6-5-10-18(23)15-22-12-7-11-20-22/h2-4,7-9,11-12,18H,5-6,10,13-16H2,1H3/t18-/m1/s1. The highest BCUT2D eigenvalue weighted by atomic mass is 16.2. The lowest BCUT2D eigenvalue weighted by Gasteiger charge is -2.36. The van der Waals surface area contributed by atoms with Crippen LogP contribution in [0.4, 0.5) is 0 Å². The van der Waals surface area contributed by atoms with Crippen LogP contribution in [0, 0.1) is 0 Å². The Morgan fingerprint density at radius 3 is 2.83 bits per heavy atom. The van der Waals surface area contributed by atoms with Gasteiger partial charge in [0.2, 0.25) is 5.91 Å². The van der Waals surface area contributed by atoms with Crippen LogP contribution in [-0.4, -0.2) is 51.7 Å². The van der Waals surface area contributed by atoms with Crippen molar-refractivity contribution in [3.63, 3.8) is 0 Å². The molecule has 1 saturated heterocycles. The molecule has 1 fully saturated rings. The zero-order chi connectivity index (χ0) is 16.8. The fraction of sp³-hybridized carbons (Fsp3) is 0.474. The monoisotopic (exact) mass is 326 g/mol. The Morgan fingerprint density at radius 1 is 1.25 bits per heavy atom. The molecule has 5 nitrogen and oxygen atoms in total. The zero-order valence-electron chi connectivity index (χ0n) is 14.3. The molecular weight excluding hydrogens is 300 g/mol. The van der Waals surface area contributed by atoms with Crippen LogP contribution in [0.3, 0.4) is 0 Å². The van der Waals surface area contributed by atoms with Crippen molar-refractivity contribution in [1.82, 2.24) is 19.6 Å². The topological polar surface area (TPSA) is 41.4 Å². The largest absolute Gasteiger partial charge is 0.337 e. The van der Waals surface area contributed by atoms with E-state index in [2.05, 4.69) is 27.0 Å². The molecular formula is C19H26N4O. The molecule has 24 heavy (non-hydrogen) atoms. The third-order valence-electron chi connectivity index (χ3n) is 4.60. The van der Waals surface area contributed by atoms with Crippen molar-refractivity contribution in [3.8, 4) is 0 Å². The molecule has 0 unspecified atom stereocenters. The first kappa shape index (κ1) is 16.7. The van der Waals surface area contributed by atoms with Crippen molar-refractivity contribution in [2.75, 3.05) is 20.1 Å². The van der Waals surface area contributed by atoms with E-state index in [4.69, 9.17) is 0 Å². The number of piperidine rings is 1. The molecule has 1 aliphatic heterocycles. The van der Waals surface area contributed by atoms with Gasteiger partial charge in [-0.1, -0.05) is 30.3 Å². The van der Waals surface area contributed by atoms with E-state index in [1.165, 1.54) is 12.0 Å². The molecule has 2 heterocycles. The van der Waals surface area contributed by atoms with Gasteiger partial charge >= 0.3 is 0 Å². The maximum atomic E-state index is 12.8. The highest BCUT2D eigenvalue weighted by Gasteiger charge is 2.27. The Labute approximate surface area is 143 Å². The van der Waals surface area contributed by atoms with E-state index >= 15 is 0 Å². The molecule has 1 aromatic carbocycles. The molecule has 1 amide bonds. The van der Waals surface area contributed by atoms with E-state index in [1.54, 1.807) is 6.20 Å². The lowest BCUT2D eigenvalue weighted by Crippen LogP contribution is -2.49. The van der Waals surface area contributed by atoms with Crippen LogP contribution in [0.5, 0.6) is 0 Å². The second-order valence-electron chi connectivity index (χ2n) is 6.62. The molecule has 2 aromatic rings. The van der Waals surface area contributed by atoms with Gasteiger partial charge in [0.15, 0.2) is 0 Å². The number of carbonyl (C=O) groups excluding carboxylic acids is 1. The van der Waals surface area contributed by atoms with Crippen LogP contribution in [0.1, 0.15) is 24.8 Å². The third-order valence-corrected chi connectivity index (χ3v) is 4.60. The predicted molar refractivity (Wildman–Crippen MR) is 94.4 cm³/mol. The van der Waals surface area contributed by atoms with Gasteiger partial charge in [0, 0.05) is 25.5 Å². The number of likely N-dealkylation sites (N-methyl/N-ethyl adjacent to an activating group) is 1. The summed E-state index contributed by atoms with van der Waals surface area (Å²) in [6.07, 6.45) is 7.12. The molecule has 3 rings (SSSR count). The van der Waals surface area contributed by atoms with Gasteiger partial charge in [-0.2, -0.15) is 5.10 Å². The summed E-state index contributed by atoms with van der Waals surface area (Å²) < 4.78 is 1.93. The number of amides is 1. The molecule has 1 aliphatic rings. The summed E-state index contributed by atoms with van der Waals surface area (Å²) in [6, 6.07) is 12.5. The molecule has 1 atom stereocenters. The first-order chi connectivity index (χ1) is 11.7. The normalized spacial score (nSPS) is 18.1. The van der Waals surface area contributed by atoms with Crippen LogP contribution in [0.25, 0.3) is 0 Å². The van der Waals surface area contributed by atoms with Gasteiger partial charge in [-0.3, -0.25) is 14.4 Å². The minimum Gasteiger partial charge on any atom is -0.337 e. The molecule has 0 N–H and O–H groups in total. The second-order valence-corrected chi connectivity index (χ2v) is 6.62. The number of rotatable bonds is 6. The molecule has 1 aromatic heterocycles. The van der Waals surface area contributed by atoms with Crippen molar-refractivity contribution in [2.45, 2.75) is 38.4 Å². The van der Waals surface area contributed by atoms with E-state index in [9.17, 15) is 4.79 Å². The molecule has 0 spiro atoms. The molecule has 5 heteroatoms. The van der Waals surface area contributed by atoms with E-state index in [1.807, 2.05) is 42.2 Å². The average Bonchev–Trinajstić information content (AvgIpc) is 3.09. The minimum absolute atomic E-state index is 0.227. The molecule has 0 radical (unpaired) electrons. The van der Waals surface area contributed by atoms with Crippen molar-refractivity contribution in [3.05, 3.63) is 54.4 Å². The van der Waals surface area contributed by atoms with Gasteiger partial charge in [-0.15, -0.1) is 0 Å². The molecule has 128 valence electrons. The Balaban J connectivity index is 1.57. The fourth-order valence-electron chi connectivity index (χ4n) is 3.42. The molecule has 0 bridgehead atoms. The number of benzene rings is 1. The van der Waals surface area contributed by atoms with E-state index in [0.717, 1.165) is 32.5 Å². The van der Waals surface area contributed by atoms with Crippen molar-refractivity contribution >= 4 is 5.91 Å². The summed E-state index contributed by atoms with van der Waals surface area (Å²) in [4.78, 5) is 16.9. The van der Waals surface area contributed by atoms with E-state index in [0.29, 0.717) is 6.54 Å². The zero-order valence-corrected chi connectivity index (χ0v) is 14.3. The summed E-state index contributed by atoms with van der Waals surface area (Å²) in [5.41, 5.74) is 1.24. The number of carbonyl (C=O) groups is 1. The van der Waals surface area contributed by atoms with Gasteiger partial charge in [0.25, 0.3) is 0 Å². The average molecular weight is 326 g/mol. The van der Waals surface area contributed by atoms with Crippen molar-refractivity contribution < 1.29 is 4.79 Å². The SMILES string of the molecule is CN(CC(=O)N1CCCC[C@@H]1Cn1cccn1)Cc1ccccc1. The Hall–Kier alpha value is -2.14. The van der Waals surface area contributed by atoms with Gasteiger partial charge in [0.1, 0.15) is 0 Å². The lowest BCUT2D eigenvalue weighted by molar-refractivity contribution is -0.136. The van der Waals surface area contributed by atoms with Crippen molar-refractivity contribution in [2.24, 2.45) is 0 Å². The number of hydrogen-bond donors (Lipinski definition) is 0. The first-order valence-electron chi connectivity index (χ1n) is 8.72. The van der Waals surface area contributed by atoms with Crippen LogP contribution in [0.2, 0.25) is 0 Å². The predicted octanol–water partition coefficient (Wildman–Crippen LogP) is 2.40. The lowest BCUT2D eigenvalue weighted by atomic mass is 10.0. The second kappa shape index (κ2) is 8.11. The van der Waals surface area contributed by atoms with Gasteiger partial charge in [-0.05, 0) is 37.9 Å². The summed E-state index contributed by atoms with van der Waals surface area (Å²) in [7, 11) is 2.01. The minimum atomic E-state index is 0.227. The molecule has 0 saturated carbocycles. The van der Waals surface area contributed by atoms with E-state index < -0.39 is 0 Å². The van der Waals surface area contributed by atoms with Crippen LogP contribution >= 0.6 is 0 Å². The Bertz CT molecular complexity index is 626. The van der Waals surface area contributed by atoms with Crippen LogP contribution < -0.4 is 0 Å². The highest BCUT2D eigenvalue weighted by molar-refractivity contribution is 5.78. The summed E-state index contributed by atoms with van der Waals surface area (Å²) in [5.74, 6) is 0.227. The first-order valence-corrected chi connectivity index (χ1v) is 8.72. The number of likely N-dealkylation sites (tertiary alicyclic amines) is 1. The summed E-state index contributed by atoms with van der Waals surface area (Å²) >= 11 is 0. The third kappa shape index (κ3) is 4.45. The number of aromatic nitrogens is 2. The molecule has 0 aliphatic carbocycles. The van der Waals surface area contributed by atoms with Crippen LogP contribution in [0.15, 0.2) is 48.8 Å². The number of hydrogen-bond acceptors (Lipinski definition) is 3. The quantitative estimate of drug-likeness (QED) is 0.818. The smallest absolute Gasteiger partial charge is 0.237 e. The maximum absolute atomic E-state index is 12.8. The Kier molecular flexibility index (Phi) is 5.64. The fourth-order valence-corrected chi connectivity index (χ4v) is 3.42. The highest BCUT2D eigenvalue weighted by Crippen LogP contribution is 2.19. The van der Waals surface area contributed by atoms with Crippen LogP contribution in [-0.2, 0) is 17.9 Å². The van der Waals surface area contributed by atoms with E-state index in [-0.39, 0.29) is 11.9 Å². The van der Waals surface area contributed by atoms with Gasteiger partial charge in [0.05, 0.1) is 19.1 Å². The summed E-state index contributed by atoms with van der Waals surface area (Å²) in [5, 5.41) is 4.29.